The van der Waals surface area contributed by atoms with Crippen LogP contribution >= 0.6 is 0 Å². The summed E-state index contributed by atoms with van der Waals surface area (Å²) in [6.45, 7) is 1.50. The summed E-state index contributed by atoms with van der Waals surface area (Å²) in [6.07, 6.45) is -9.52. The highest BCUT2D eigenvalue weighted by Crippen LogP contribution is 2.34. The first-order chi connectivity index (χ1) is 7.14. The molecule has 1 aromatic carbocycles. The second-order valence-corrected chi connectivity index (χ2v) is 3.27. The number of alkyl halides is 6. The average Bonchev–Trinajstić information content (AvgIpc) is 2.14. The van der Waals surface area contributed by atoms with Gasteiger partial charge >= 0.3 is 12.4 Å². The van der Waals surface area contributed by atoms with Gasteiger partial charge in [0.2, 0.25) is 0 Å². The van der Waals surface area contributed by atoms with Crippen molar-refractivity contribution in [2.75, 3.05) is 0 Å². The molecule has 0 saturated carbocycles. The molecule has 0 atom stereocenters. The lowest BCUT2D eigenvalue weighted by atomic mass is 9.72. The molecule has 0 aliphatic carbocycles. The van der Waals surface area contributed by atoms with Crippen LogP contribution in [0, 0.1) is 0 Å². The van der Waals surface area contributed by atoms with Crippen molar-refractivity contribution >= 4 is 12.7 Å². The Balaban J connectivity index is 3.33. The van der Waals surface area contributed by atoms with Crippen molar-refractivity contribution in [2.24, 2.45) is 0 Å². The summed E-state index contributed by atoms with van der Waals surface area (Å²) in [5, 5.41) is 0. The van der Waals surface area contributed by atoms with Crippen molar-refractivity contribution in [1.82, 2.24) is 0 Å². The third-order valence-electron chi connectivity index (χ3n) is 2.06. The Hall–Kier alpha value is -1.14. The first-order valence-electron chi connectivity index (χ1n) is 4.43. The van der Waals surface area contributed by atoms with Crippen molar-refractivity contribution in [3.63, 3.8) is 0 Å². The van der Waals surface area contributed by atoms with E-state index in [4.69, 9.17) is 0 Å². The Morgan fingerprint density at radius 3 is 1.44 bits per heavy atom. The van der Waals surface area contributed by atoms with Crippen LogP contribution in [0.5, 0.6) is 0 Å². The van der Waals surface area contributed by atoms with E-state index in [0.29, 0.717) is 0 Å². The monoisotopic (exact) mass is 240 g/mol. The highest BCUT2D eigenvalue weighted by Gasteiger charge is 2.36. The summed E-state index contributed by atoms with van der Waals surface area (Å²) in [6, 6.07) is 1.59. The maximum Gasteiger partial charge on any atom is 0.416 e. The van der Waals surface area contributed by atoms with E-state index in [-0.39, 0.29) is 18.8 Å². The fraction of sp³-hybridized carbons (Fsp3) is 0.333. The maximum atomic E-state index is 12.3. The van der Waals surface area contributed by atoms with Gasteiger partial charge in [0.25, 0.3) is 0 Å². The molecule has 88 valence electrons. The van der Waals surface area contributed by atoms with E-state index >= 15 is 0 Å². The number of halogens is 6. The van der Waals surface area contributed by atoms with Crippen LogP contribution in [0.25, 0.3) is 0 Å². The van der Waals surface area contributed by atoms with Crippen LogP contribution in [0.2, 0.25) is 6.82 Å². The van der Waals surface area contributed by atoms with E-state index < -0.39 is 23.5 Å². The summed E-state index contributed by atoms with van der Waals surface area (Å²) < 4.78 is 73.8. The van der Waals surface area contributed by atoms with Crippen molar-refractivity contribution in [2.45, 2.75) is 19.2 Å². The Morgan fingerprint density at radius 1 is 0.812 bits per heavy atom. The molecule has 0 aromatic heterocycles. The summed E-state index contributed by atoms with van der Waals surface area (Å²) in [7, 11) is 0.118. The molecule has 0 aliphatic rings. The molecule has 0 saturated heterocycles. The van der Waals surface area contributed by atoms with Gasteiger partial charge in [0, 0.05) is 0 Å². The highest BCUT2D eigenvalue weighted by molar-refractivity contribution is 6.51. The lowest BCUT2D eigenvalue weighted by Crippen LogP contribution is -2.19. The predicted molar refractivity (Wildman–Crippen MR) is 49.1 cm³/mol. The van der Waals surface area contributed by atoms with Crippen LogP contribution < -0.4 is 5.46 Å². The van der Waals surface area contributed by atoms with E-state index in [0.717, 1.165) is 12.1 Å². The third kappa shape index (κ3) is 2.93. The molecule has 0 heterocycles. The van der Waals surface area contributed by atoms with Crippen molar-refractivity contribution < 1.29 is 26.3 Å². The van der Waals surface area contributed by atoms with Crippen molar-refractivity contribution in [3.05, 3.63) is 29.3 Å². The Bertz CT molecular complexity index is 346. The van der Waals surface area contributed by atoms with E-state index in [2.05, 4.69) is 0 Å². The molecule has 0 radical (unpaired) electrons. The Kier molecular flexibility index (Phi) is 3.26. The van der Waals surface area contributed by atoms with Gasteiger partial charge in [0.1, 0.15) is 0 Å². The lowest BCUT2D eigenvalue weighted by molar-refractivity contribution is -0.142. The molecule has 16 heavy (non-hydrogen) atoms. The van der Waals surface area contributed by atoms with Gasteiger partial charge in [0.05, 0.1) is 11.1 Å². The minimum Gasteiger partial charge on any atom is -0.166 e. The summed E-state index contributed by atoms with van der Waals surface area (Å²) >= 11 is 0. The van der Waals surface area contributed by atoms with Gasteiger partial charge in [-0.15, -0.1) is 0 Å². The normalized spacial score (nSPS) is 12.7. The molecule has 0 nitrogen and oxygen atoms in total. The summed E-state index contributed by atoms with van der Waals surface area (Å²) in [4.78, 5) is 0. The molecule has 0 fully saturated rings. The quantitative estimate of drug-likeness (QED) is 0.523. The number of rotatable bonds is 1. The first-order valence-corrected chi connectivity index (χ1v) is 4.43. The molecule has 0 bridgehead atoms. The average molecular weight is 240 g/mol. The second-order valence-electron chi connectivity index (χ2n) is 3.27. The molecule has 1 rings (SSSR count). The highest BCUT2D eigenvalue weighted by atomic mass is 19.4. The molecule has 0 N–H and O–H groups in total. The number of benzene rings is 1. The van der Waals surface area contributed by atoms with E-state index in [1.54, 1.807) is 0 Å². The Labute approximate surface area is 88.5 Å². The minimum atomic E-state index is -4.76. The fourth-order valence-corrected chi connectivity index (χ4v) is 1.22. The van der Waals surface area contributed by atoms with Crippen LogP contribution in [0.15, 0.2) is 18.2 Å². The zero-order chi connectivity index (χ0) is 12.6. The molecule has 1 aromatic rings. The molecular weight excluding hydrogens is 233 g/mol. The molecule has 0 unspecified atom stereocenters. The standard InChI is InChI=1S/C9H7BF6/c1-10-7-3-5(8(11,12)13)2-6(4-7)9(14,15)16/h2-4,10H,1H3. The Morgan fingerprint density at radius 2 is 1.19 bits per heavy atom. The zero-order valence-corrected chi connectivity index (χ0v) is 8.21. The van der Waals surface area contributed by atoms with Crippen LogP contribution in [0.4, 0.5) is 26.3 Å². The van der Waals surface area contributed by atoms with E-state index in [1.165, 1.54) is 6.82 Å². The molecule has 0 aliphatic heterocycles. The molecule has 0 spiro atoms. The molecule has 0 amide bonds. The predicted octanol–water partition coefficient (Wildman–Crippen LogP) is 2.83. The molecular formula is C9H7BF6. The van der Waals surface area contributed by atoms with Gasteiger partial charge in [0.15, 0.2) is 7.28 Å². The smallest absolute Gasteiger partial charge is 0.166 e. The van der Waals surface area contributed by atoms with Crippen molar-refractivity contribution in [3.8, 4) is 0 Å². The van der Waals surface area contributed by atoms with Crippen LogP contribution in [0.3, 0.4) is 0 Å². The van der Waals surface area contributed by atoms with Gasteiger partial charge in [-0.05, 0) is 6.07 Å². The number of hydrogen-bond acceptors (Lipinski definition) is 0. The SMILES string of the molecule is CBc1cc(C(F)(F)F)cc(C(F)(F)F)c1. The van der Waals surface area contributed by atoms with E-state index in [9.17, 15) is 26.3 Å². The van der Waals surface area contributed by atoms with E-state index in [1.807, 2.05) is 0 Å². The topological polar surface area (TPSA) is 0 Å². The number of hydrogen-bond donors (Lipinski definition) is 0. The zero-order valence-electron chi connectivity index (χ0n) is 8.21. The van der Waals surface area contributed by atoms with Gasteiger partial charge in [-0.25, -0.2) is 0 Å². The van der Waals surface area contributed by atoms with Crippen LogP contribution in [-0.2, 0) is 12.4 Å². The summed E-state index contributed by atoms with van der Waals surface area (Å²) in [5.74, 6) is 0. The van der Waals surface area contributed by atoms with Gasteiger partial charge in [-0.3, -0.25) is 0 Å². The first kappa shape index (κ1) is 12.9. The van der Waals surface area contributed by atoms with Crippen molar-refractivity contribution in [1.29, 1.82) is 0 Å². The summed E-state index contributed by atoms with van der Waals surface area (Å²) in [5.41, 5.74) is -2.51. The molecule has 7 heteroatoms. The minimum absolute atomic E-state index is 0.0159. The third-order valence-corrected chi connectivity index (χ3v) is 2.06. The van der Waals surface area contributed by atoms with Gasteiger partial charge < -0.3 is 0 Å². The fourth-order valence-electron chi connectivity index (χ4n) is 1.22. The maximum absolute atomic E-state index is 12.3. The largest absolute Gasteiger partial charge is 0.416 e. The van der Waals surface area contributed by atoms with Gasteiger partial charge in [-0.1, -0.05) is 24.4 Å². The van der Waals surface area contributed by atoms with Gasteiger partial charge in [-0.2, -0.15) is 26.3 Å². The lowest BCUT2D eigenvalue weighted by Gasteiger charge is -2.13. The van der Waals surface area contributed by atoms with Crippen LogP contribution in [-0.4, -0.2) is 7.28 Å². The van der Waals surface area contributed by atoms with Crippen LogP contribution in [0.1, 0.15) is 11.1 Å². The second kappa shape index (κ2) is 4.03.